The van der Waals surface area contributed by atoms with Gasteiger partial charge in [0.05, 0.1) is 28.8 Å². The van der Waals surface area contributed by atoms with Crippen LogP contribution in [-0.4, -0.2) is 29.3 Å². The quantitative estimate of drug-likeness (QED) is 0.362. The van der Waals surface area contributed by atoms with E-state index in [4.69, 9.17) is 5.26 Å². The highest BCUT2D eigenvalue weighted by Gasteiger charge is 2.47. The predicted octanol–water partition coefficient (Wildman–Crippen LogP) is 4.21. The molecule has 0 saturated heterocycles. The van der Waals surface area contributed by atoms with Gasteiger partial charge < -0.3 is 16.0 Å². The molecule has 3 aliphatic carbocycles. The van der Waals surface area contributed by atoms with Gasteiger partial charge in [-0.3, -0.25) is 14.4 Å². The number of nitriles is 1. The summed E-state index contributed by atoms with van der Waals surface area (Å²) in [5.41, 5.74) is 3.32. The van der Waals surface area contributed by atoms with Crippen LogP contribution in [0, 0.1) is 40.8 Å². The Morgan fingerprint density at radius 2 is 1.93 bits per heavy atom. The van der Waals surface area contributed by atoms with Crippen LogP contribution in [0.25, 0.3) is 0 Å². The third-order valence-corrected chi connectivity index (χ3v) is 7.79. The van der Waals surface area contributed by atoms with Crippen molar-refractivity contribution in [1.82, 2.24) is 16.0 Å². The van der Waals surface area contributed by atoms with E-state index in [0.29, 0.717) is 23.0 Å². The van der Waals surface area contributed by atoms with Gasteiger partial charge in [0.25, 0.3) is 5.91 Å². The molecular weight excluding hydrogens is 531 g/mol. The van der Waals surface area contributed by atoms with Crippen LogP contribution in [0.2, 0.25) is 0 Å². The minimum Gasteiger partial charge on any atom is -0.344 e. The van der Waals surface area contributed by atoms with Crippen molar-refractivity contribution in [2.45, 2.75) is 51.2 Å². The molecule has 3 N–H and O–H groups in total. The Labute approximate surface area is 244 Å². The minimum atomic E-state index is -0.902. The van der Waals surface area contributed by atoms with Crippen LogP contribution in [0.1, 0.15) is 60.2 Å². The number of benzene rings is 2. The van der Waals surface area contributed by atoms with Crippen LogP contribution < -0.4 is 16.0 Å². The number of rotatable bonds is 6. The van der Waals surface area contributed by atoms with Gasteiger partial charge in [-0.15, -0.1) is 0 Å². The number of hydrogen-bond donors (Lipinski definition) is 3. The van der Waals surface area contributed by atoms with Gasteiger partial charge in [0.1, 0.15) is 5.82 Å². The Hall–Kier alpha value is -4.95. The first-order chi connectivity index (χ1) is 20.2. The Bertz CT molecular complexity index is 1650. The van der Waals surface area contributed by atoms with Gasteiger partial charge in [-0.25, -0.2) is 4.39 Å². The normalized spacial score (nSPS) is 20.0. The van der Waals surface area contributed by atoms with Crippen LogP contribution in [0.4, 0.5) is 4.39 Å². The second-order valence-electron chi connectivity index (χ2n) is 11.1. The number of amides is 3. The lowest BCUT2D eigenvalue weighted by atomic mass is 9.89. The van der Waals surface area contributed by atoms with E-state index in [-0.39, 0.29) is 29.1 Å². The summed E-state index contributed by atoms with van der Waals surface area (Å²) < 4.78 is 14.0. The molecule has 3 atom stereocenters. The van der Waals surface area contributed by atoms with Gasteiger partial charge in [0.2, 0.25) is 0 Å². The molecule has 2 aromatic rings. The van der Waals surface area contributed by atoms with Crippen molar-refractivity contribution >= 4 is 17.7 Å². The Balaban J connectivity index is 1.17. The predicted molar refractivity (Wildman–Crippen MR) is 156 cm³/mol. The van der Waals surface area contributed by atoms with E-state index in [2.05, 4.69) is 59.0 Å². The Kier molecular flexibility index (Phi) is 8.08. The summed E-state index contributed by atoms with van der Waals surface area (Å²) in [4.78, 5) is 38.3. The minimum absolute atomic E-state index is 0.0194. The summed E-state index contributed by atoms with van der Waals surface area (Å²) in [5.74, 6) is 3.64. The fourth-order valence-corrected chi connectivity index (χ4v) is 5.36. The average molecular weight is 563 g/mol. The molecule has 1 unspecified atom stereocenters. The van der Waals surface area contributed by atoms with Crippen LogP contribution in [-0.2, 0) is 16.1 Å². The zero-order valence-electron chi connectivity index (χ0n) is 23.5. The van der Waals surface area contributed by atoms with Crippen LogP contribution >= 0.6 is 0 Å². The lowest BCUT2D eigenvalue weighted by molar-refractivity contribution is -0.139. The fraction of sp³-hybridized carbons (Fsp3) is 0.294. The first kappa shape index (κ1) is 28.6. The molecule has 1 fully saturated rings. The smallest absolute Gasteiger partial charge is 0.310 e. The summed E-state index contributed by atoms with van der Waals surface area (Å²) in [6, 6.07) is 12.0. The topological polar surface area (TPSA) is 111 Å². The maximum Gasteiger partial charge on any atom is 0.310 e. The molecule has 0 bridgehead atoms. The zero-order chi connectivity index (χ0) is 29.9. The van der Waals surface area contributed by atoms with E-state index < -0.39 is 23.7 Å². The highest BCUT2D eigenvalue weighted by atomic mass is 19.1. The van der Waals surface area contributed by atoms with Crippen LogP contribution in [0.5, 0.6) is 0 Å². The fourth-order valence-electron chi connectivity index (χ4n) is 5.36. The van der Waals surface area contributed by atoms with Crippen molar-refractivity contribution in [1.29, 1.82) is 5.26 Å². The van der Waals surface area contributed by atoms with E-state index in [1.807, 2.05) is 6.07 Å². The lowest BCUT2D eigenvalue weighted by Gasteiger charge is -2.24. The third-order valence-electron chi connectivity index (χ3n) is 7.79. The number of hydrogen-bond acceptors (Lipinski definition) is 4. The first-order valence-electron chi connectivity index (χ1n) is 14.0. The molecule has 1 saturated carbocycles. The van der Waals surface area contributed by atoms with Crippen molar-refractivity contribution in [2.24, 2.45) is 11.8 Å². The summed E-state index contributed by atoms with van der Waals surface area (Å²) >= 11 is 0. The van der Waals surface area contributed by atoms with Gasteiger partial charge in [0, 0.05) is 18.0 Å². The highest BCUT2D eigenvalue weighted by Crippen LogP contribution is 2.47. The molecule has 3 amide bonds. The van der Waals surface area contributed by atoms with Gasteiger partial charge in [0.15, 0.2) is 0 Å². The van der Waals surface area contributed by atoms with Crippen LogP contribution in [0.3, 0.4) is 0 Å². The standard InChI is InChI=1S/C34H31FN4O3/c1-21-15-25-11-12-28(18-27(25)16-21)34(13-14-34)39-31(40)29-6-4-3-5-26(29)20-37-32(41)33(42)38-22(2)7-9-24-10-8-23(19-36)17-30(24)35/h3-6,8,10-12,16-18,21-22,25H,13-15,20H2,1-2H3,(H,37,41)(H,38,42)(H,39,40)/t21-,22+,25?/m1/s1. The first-order valence-corrected chi connectivity index (χ1v) is 14.0. The number of allylic oxidation sites excluding steroid dienone is 4. The molecule has 7 nitrogen and oxygen atoms in total. The summed E-state index contributed by atoms with van der Waals surface area (Å²) in [7, 11) is 0. The average Bonchev–Trinajstić information content (AvgIpc) is 3.66. The molecular formula is C34H31FN4O3. The molecule has 42 heavy (non-hydrogen) atoms. The number of nitrogens with zero attached hydrogens (tertiary/aromatic N) is 1. The van der Waals surface area contributed by atoms with E-state index >= 15 is 0 Å². The number of fused-ring (bicyclic) bond motifs is 1. The second-order valence-corrected chi connectivity index (χ2v) is 11.1. The summed E-state index contributed by atoms with van der Waals surface area (Å²) in [6.45, 7) is 3.76. The monoisotopic (exact) mass is 562 g/mol. The van der Waals surface area contributed by atoms with Crippen LogP contribution in [0.15, 0.2) is 77.9 Å². The molecule has 0 spiro atoms. The molecule has 5 rings (SSSR count). The van der Waals surface area contributed by atoms with Crippen molar-refractivity contribution in [3.8, 4) is 17.9 Å². The summed E-state index contributed by atoms with van der Waals surface area (Å²) in [6.07, 6.45) is 11.8. The lowest BCUT2D eigenvalue weighted by Crippen LogP contribution is -2.43. The SMILES string of the molecule is C[C@H]1C=C2C=C(C3(NC(=O)c4ccccc4CNC(=O)C(=O)N[C@@H](C)C#Cc4ccc(C#N)cc4F)CC3)C=CC2C1. The largest absolute Gasteiger partial charge is 0.344 e. The number of halogens is 1. The Morgan fingerprint density at radius 1 is 1.14 bits per heavy atom. The number of carbonyl (C=O) groups is 3. The maximum atomic E-state index is 14.0. The highest BCUT2D eigenvalue weighted by molar-refractivity contribution is 6.35. The molecule has 2 aromatic carbocycles. The van der Waals surface area contributed by atoms with Crippen molar-refractivity contribution < 1.29 is 18.8 Å². The van der Waals surface area contributed by atoms with Gasteiger partial charge in [-0.05, 0) is 73.1 Å². The summed E-state index contributed by atoms with van der Waals surface area (Å²) in [5, 5.41) is 17.1. The Morgan fingerprint density at radius 3 is 2.67 bits per heavy atom. The number of nitrogens with one attached hydrogen (secondary N) is 3. The molecule has 3 aliphatic rings. The maximum absolute atomic E-state index is 14.0. The molecule has 0 heterocycles. The van der Waals surface area contributed by atoms with E-state index in [1.54, 1.807) is 31.2 Å². The molecule has 0 radical (unpaired) electrons. The third kappa shape index (κ3) is 6.34. The van der Waals surface area contributed by atoms with Gasteiger partial charge in [-0.1, -0.05) is 61.3 Å². The van der Waals surface area contributed by atoms with Gasteiger partial charge >= 0.3 is 11.8 Å². The molecule has 0 aromatic heterocycles. The van der Waals surface area contributed by atoms with E-state index in [1.165, 1.54) is 17.7 Å². The zero-order valence-corrected chi connectivity index (χ0v) is 23.5. The van der Waals surface area contributed by atoms with Crippen molar-refractivity contribution in [3.05, 3.63) is 106 Å². The molecule has 8 heteroatoms. The van der Waals surface area contributed by atoms with E-state index in [9.17, 15) is 18.8 Å². The van der Waals surface area contributed by atoms with Crippen molar-refractivity contribution in [2.75, 3.05) is 0 Å². The molecule has 212 valence electrons. The molecule has 0 aliphatic heterocycles. The number of carbonyl (C=O) groups excluding carboxylic acids is 3. The van der Waals surface area contributed by atoms with Gasteiger partial charge in [-0.2, -0.15) is 5.26 Å². The second kappa shape index (κ2) is 11.9. The van der Waals surface area contributed by atoms with E-state index in [0.717, 1.165) is 30.9 Å². The van der Waals surface area contributed by atoms with Crippen molar-refractivity contribution in [3.63, 3.8) is 0 Å².